The van der Waals surface area contributed by atoms with Crippen molar-refractivity contribution in [3.63, 3.8) is 0 Å². The van der Waals surface area contributed by atoms with E-state index >= 15 is 0 Å². The minimum absolute atomic E-state index is 0.193. The zero-order valence-corrected chi connectivity index (χ0v) is 12.9. The highest BCUT2D eigenvalue weighted by molar-refractivity contribution is 5.59. The fourth-order valence-corrected chi connectivity index (χ4v) is 1.99. The number of hydrogen-bond acceptors (Lipinski definition) is 2. The van der Waals surface area contributed by atoms with Crippen molar-refractivity contribution >= 4 is 5.69 Å². The van der Waals surface area contributed by atoms with Gasteiger partial charge in [0.2, 0.25) is 0 Å². The van der Waals surface area contributed by atoms with Crippen molar-refractivity contribution in [2.75, 3.05) is 11.9 Å². The Balaban J connectivity index is 3.02. The lowest BCUT2D eigenvalue weighted by atomic mass is 9.84. The molecule has 1 rings (SSSR count). The van der Waals surface area contributed by atoms with Crippen LogP contribution in [0.3, 0.4) is 0 Å². The number of nitrogens with two attached hydrogens (primary N) is 1. The van der Waals surface area contributed by atoms with E-state index in [4.69, 9.17) is 5.73 Å². The van der Waals surface area contributed by atoms with E-state index in [-0.39, 0.29) is 11.0 Å². The van der Waals surface area contributed by atoms with E-state index in [1.165, 1.54) is 22.4 Å². The van der Waals surface area contributed by atoms with Gasteiger partial charge >= 0.3 is 0 Å². The Morgan fingerprint density at radius 3 is 1.78 bits per heavy atom. The molecule has 0 amide bonds. The van der Waals surface area contributed by atoms with Crippen molar-refractivity contribution < 1.29 is 0 Å². The summed E-state index contributed by atoms with van der Waals surface area (Å²) in [5.41, 5.74) is 11.2. The van der Waals surface area contributed by atoms with Crippen LogP contribution in [0.1, 0.15) is 51.3 Å². The van der Waals surface area contributed by atoms with Gasteiger partial charge in [-0.1, -0.05) is 32.9 Å². The minimum atomic E-state index is -0.193. The molecule has 18 heavy (non-hydrogen) atoms. The van der Waals surface area contributed by atoms with Gasteiger partial charge in [0.05, 0.1) is 0 Å². The van der Waals surface area contributed by atoms with E-state index in [0.717, 1.165) is 6.54 Å². The molecule has 1 aromatic rings. The Morgan fingerprint density at radius 1 is 1.00 bits per heavy atom. The third-order valence-electron chi connectivity index (χ3n) is 3.12. The largest absolute Gasteiger partial charge is 0.383 e. The van der Waals surface area contributed by atoms with Gasteiger partial charge in [-0.25, -0.2) is 0 Å². The van der Waals surface area contributed by atoms with E-state index in [1.54, 1.807) is 0 Å². The lowest BCUT2D eigenvalue weighted by Gasteiger charge is -2.25. The second-order valence-corrected chi connectivity index (χ2v) is 7.08. The van der Waals surface area contributed by atoms with E-state index in [0.29, 0.717) is 0 Å². The van der Waals surface area contributed by atoms with Crippen LogP contribution in [0, 0.1) is 13.8 Å². The molecule has 0 aliphatic rings. The topological polar surface area (TPSA) is 38.0 Å². The predicted molar refractivity (Wildman–Crippen MR) is 81.4 cm³/mol. The molecule has 102 valence electrons. The summed E-state index contributed by atoms with van der Waals surface area (Å²) in [5, 5.41) is 3.47. The predicted octanol–water partition coefficient (Wildman–Crippen LogP) is 3.75. The average molecular weight is 248 g/mol. The maximum atomic E-state index is 6.02. The first-order valence-electron chi connectivity index (χ1n) is 6.65. The van der Waals surface area contributed by atoms with Gasteiger partial charge in [0.1, 0.15) is 0 Å². The molecule has 0 aliphatic carbocycles. The molecule has 0 aromatic heterocycles. The van der Waals surface area contributed by atoms with Gasteiger partial charge in [0, 0.05) is 17.8 Å². The number of nitrogens with one attached hydrogen (secondary N) is 1. The number of aryl methyl sites for hydroxylation is 2. The van der Waals surface area contributed by atoms with Crippen LogP contribution in [0.2, 0.25) is 0 Å². The summed E-state index contributed by atoms with van der Waals surface area (Å²) in [6.45, 7) is 15.9. The third-order valence-corrected chi connectivity index (χ3v) is 3.12. The number of anilines is 1. The second kappa shape index (κ2) is 4.93. The van der Waals surface area contributed by atoms with Crippen LogP contribution in [0.4, 0.5) is 5.69 Å². The average Bonchev–Trinajstić information content (AvgIpc) is 2.12. The number of benzene rings is 1. The van der Waals surface area contributed by atoms with Gasteiger partial charge in [-0.2, -0.15) is 0 Å². The molecular formula is C16H28N2. The number of rotatable bonds is 3. The van der Waals surface area contributed by atoms with Crippen molar-refractivity contribution in [3.05, 3.63) is 28.8 Å². The summed E-state index contributed by atoms with van der Waals surface area (Å²) in [6.07, 6.45) is 0. The number of hydrogen-bond donors (Lipinski definition) is 2. The van der Waals surface area contributed by atoms with E-state index in [9.17, 15) is 0 Å². The minimum Gasteiger partial charge on any atom is -0.383 e. The zero-order valence-electron chi connectivity index (χ0n) is 12.9. The molecule has 0 fully saturated rings. The molecule has 1 aromatic carbocycles. The van der Waals surface area contributed by atoms with E-state index in [1.807, 2.05) is 13.8 Å². The molecule has 2 nitrogen and oxygen atoms in total. The third kappa shape index (κ3) is 4.02. The van der Waals surface area contributed by atoms with Gasteiger partial charge in [-0.3, -0.25) is 0 Å². The molecule has 0 heterocycles. The molecule has 2 heteroatoms. The summed E-state index contributed by atoms with van der Waals surface area (Å²) in [7, 11) is 0. The molecule has 0 spiro atoms. The Morgan fingerprint density at radius 2 is 1.44 bits per heavy atom. The fourth-order valence-electron chi connectivity index (χ4n) is 1.99. The van der Waals surface area contributed by atoms with Gasteiger partial charge in [0.25, 0.3) is 0 Å². The van der Waals surface area contributed by atoms with E-state index in [2.05, 4.69) is 52.1 Å². The lowest BCUT2D eigenvalue weighted by molar-refractivity contribution is 0.549. The summed E-state index contributed by atoms with van der Waals surface area (Å²) >= 11 is 0. The highest BCUT2D eigenvalue weighted by Crippen LogP contribution is 2.29. The Hall–Kier alpha value is -1.02. The first kappa shape index (κ1) is 15.0. The molecule has 3 N–H and O–H groups in total. The summed E-state index contributed by atoms with van der Waals surface area (Å²) in [4.78, 5) is 0. The smallest absolute Gasteiger partial charge is 0.0400 e. The molecule has 0 radical (unpaired) electrons. The quantitative estimate of drug-likeness (QED) is 0.855. The lowest BCUT2D eigenvalue weighted by Crippen LogP contribution is -2.39. The van der Waals surface area contributed by atoms with Gasteiger partial charge in [0.15, 0.2) is 0 Å². The maximum Gasteiger partial charge on any atom is 0.0400 e. The summed E-state index contributed by atoms with van der Waals surface area (Å²) in [5.74, 6) is 0. The fraction of sp³-hybridized carbons (Fsp3) is 0.625. The van der Waals surface area contributed by atoms with Gasteiger partial charge < -0.3 is 11.1 Å². The first-order valence-corrected chi connectivity index (χ1v) is 6.65. The Kier molecular flexibility index (Phi) is 4.12. The van der Waals surface area contributed by atoms with Crippen molar-refractivity contribution in [1.29, 1.82) is 0 Å². The van der Waals surface area contributed by atoms with Crippen LogP contribution in [-0.4, -0.2) is 12.1 Å². The standard InChI is InChI=1S/C16H28N2/c1-11-8-13(15(3,4)5)9-12(2)14(11)18-10-16(6,7)17/h8-9,18H,10,17H2,1-7H3. The monoisotopic (exact) mass is 248 g/mol. The Bertz CT molecular complexity index is 397. The SMILES string of the molecule is Cc1cc(C(C)(C)C)cc(C)c1NCC(C)(C)N. The van der Waals surface area contributed by atoms with Crippen LogP contribution >= 0.6 is 0 Å². The highest BCUT2D eigenvalue weighted by Gasteiger charge is 2.17. The molecule has 0 aliphatic heterocycles. The van der Waals surface area contributed by atoms with Crippen LogP contribution < -0.4 is 11.1 Å². The molecule has 0 saturated carbocycles. The highest BCUT2D eigenvalue weighted by atomic mass is 14.9. The summed E-state index contributed by atoms with van der Waals surface area (Å²) in [6, 6.07) is 4.55. The first-order chi connectivity index (χ1) is 8.00. The van der Waals surface area contributed by atoms with E-state index < -0.39 is 0 Å². The van der Waals surface area contributed by atoms with Crippen molar-refractivity contribution in [2.24, 2.45) is 5.73 Å². The van der Waals surface area contributed by atoms with Crippen LogP contribution in [0.25, 0.3) is 0 Å². The van der Waals surface area contributed by atoms with Crippen molar-refractivity contribution in [3.8, 4) is 0 Å². The van der Waals surface area contributed by atoms with Crippen LogP contribution in [0.15, 0.2) is 12.1 Å². The molecule has 0 unspecified atom stereocenters. The Labute approximate surface area is 112 Å². The molecular weight excluding hydrogens is 220 g/mol. The van der Waals surface area contributed by atoms with Gasteiger partial charge in [-0.15, -0.1) is 0 Å². The zero-order chi connectivity index (χ0) is 14.1. The summed E-state index contributed by atoms with van der Waals surface area (Å²) < 4.78 is 0. The maximum absolute atomic E-state index is 6.02. The second-order valence-electron chi connectivity index (χ2n) is 7.08. The van der Waals surface area contributed by atoms with Crippen LogP contribution in [-0.2, 0) is 5.41 Å². The van der Waals surface area contributed by atoms with Crippen molar-refractivity contribution in [2.45, 2.75) is 59.4 Å². The van der Waals surface area contributed by atoms with Crippen LogP contribution in [0.5, 0.6) is 0 Å². The van der Waals surface area contributed by atoms with Gasteiger partial charge in [-0.05, 0) is 49.8 Å². The normalized spacial score (nSPS) is 12.7. The molecule has 0 bridgehead atoms. The molecule has 0 saturated heterocycles. The van der Waals surface area contributed by atoms with Crippen molar-refractivity contribution in [1.82, 2.24) is 0 Å². The molecule has 0 atom stereocenters.